The predicted molar refractivity (Wildman–Crippen MR) is 81.7 cm³/mol. The van der Waals surface area contributed by atoms with E-state index in [1.165, 1.54) is 37.7 Å². The lowest BCUT2D eigenvalue weighted by molar-refractivity contribution is -0.117. The second kappa shape index (κ2) is 6.40. The minimum absolute atomic E-state index is 0.214. The molecule has 1 heterocycles. The summed E-state index contributed by atoms with van der Waals surface area (Å²) in [5.74, 6) is 1.03. The van der Waals surface area contributed by atoms with Crippen molar-refractivity contribution in [1.29, 1.82) is 0 Å². The van der Waals surface area contributed by atoms with Crippen molar-refractivity contribution in [2.45, 2.75) is 45.1 Å². The normalized spacial score (nSPS) is 20.6. The van der Waals surface area contributed by atoms with Crippen LogP contribution in [0.2, 0.25) is 0 Å². The zero-order valence-electron chi connectivity index (χ0n) is 12.1. The molecule has 1 amide bonds. The van der Waals surface area contributed by atoms with Crippen LogP contribution in [0, 0.1) is 5.92 Å². The summed E-state index contributed by atoms with van der Waals surface area (Å²) in [5, 5.41) is 3.23. The molecule has 0 unspecified atom stereocenters. The molecule has 2 aliphatic rings. The molecular weight excluding hydrogens is 248 g/mol. The Balaban J connectivity index is 1.71. The minimum Gasteiger partial charge on any atom is -0.311 e. The van der Waals surface area contributed by atoms with E-state index in [1.807, 2.05) is 11.0 Å². The van der Waals surface area contributed by atoms with Crippen LogP contribution in [0.15, 0.2) is 24.3 Å². The van der Waals surface area contributed by atoms with Gasteiger partial charge in [-0.05, 0) is 24.0 Å². The van der Waals surface area contributed by atoms with Gasteiger partial charge in [-0.15, -0.1) is 0 Å². The number of carbonyl (C=O) groups is 1. The van der Waals surface area contributed by atoms with E-state index in [-0.39, 0.29) is 5.91 Å². The maximum absolute atomic E-state index is 12.3. The van der Waals surface area contributed by atoms with Gasteiger partial charge in [-0.3, -0.25) is 4.79 Å². The number of fused-ring (bicyclic) bond motifs is 1. The number of amides is 1. The zero-order chi connectivity index (χ0) is 13.8. The van der Waals surface area contributed by atoms with Crippen molar-refractivity contribution in [3.63, 3.8) is 0 Å². The Bertz CT molecular complexity index is 466. The van der Waals surface area contributed by atoms with Gasteiger partial charge in [0, 0.05) is 18.8 Å². The van der Waals surface area contributed by atoms with Gasteiger partial charge in [0.1, 0.15) is 0 Å². The average molecular weight is 272 g/mol. The molecule has 1 aliphatic heterocycles. The molecule has 0 saturated heterocycles. The number of hydrogen-bond donors (Lipinski definition) is 1. The summed E-state index contributed by atoms with van der Waals surface area (Å²) in [5.41, 5.74) is 2.35. The first kappa shape index (κ1) is 13.6. The van der Waals surface area contributed by atoms with Gasteiger partial charge in [0.05, 0.1) is 6.54 Å². The molecule has 1 aromatic rings. The highest BCUT2D eigenvalue weighted by atomic mass is 16.2. The van der Waals surface area contributed by atoms with Crippen molar-refractivity contribution < 1.29 is 4.79 Å². The Morgan fingerprint density at radius 1 is 1.10 bits per heavy atom. The molecule has 0 atom stereocenters. The smallest absolute Gasteiger partial charge is 0.240 e. The lowest BCUT2D eigenvalue weighted by Gasteiger charge is -2.27. The molecule has 1 fully saturated rings. The molecule has 0 spiro atoms. The summed E-state index contributed by atoms with van der Waals surface area (Å²) in [4.78, 5) is 14.3. The summed E-state index contributed by atoms with van der Waals surface area (Å²) in [6.45, 7) is 2.13. The molecule has 1 aromatic carbocycles. The minimum atomic E-state index is 0.214. The second-order valence-electron chi connectivity index (χ2n) is 6.07. The highest BCUT2D eigenvalue weighted by Crippen LogP contribution is 2.28. The van der Waals surface area contributed by atoms with Gasteiger partial charge >= 0.3 is 0 Å². The lowest BCUT2D eigenvalue weighted by atomic mass is 9.87. The summed E-state index contributed by atoms with van der Waals surface area (Å²) < 4.78 is 0. The van der Waals surface area contributed by atoms with Crippen LogP contribution < -0.4 is 10.2 Å². The monoisotopic (exact) mass is 272 g/mol. The summed E-state index contributed by atoms with van der Waals surface area (Å²) in [6.07, 6.45) is 7.99. The Hall–Kier alpha value is -1.35. The Morgan fingerprint density at radius 3 is 2.75 bits per heavy atom. The van der Waals surface area contributed by atoms with Crippen LogP contribution in [0.3, 0.4) is 0 Å². The third kappa shape index (κ3) is 3.04. The summed E-state index contributed by atoms with van der Waals surface area (Å²) >= 11 is 0. The maximum atomic E-state index is 12.3. The van der Waals surface area contributed by atoms with Crippen molar-refractivity contribution in [3.8, 4) is 0 Å². The van der Waals surface area contributed by atoms with Crippen molar-refractivity contribution in [2.24, 2.45) is 5.92 Å². The number of benzene rings is 1. The molecule has 3 rings (SSSR count). The summed E-state index contributed by atoms with van der Waals surface area (Å²) in [6, 6.07) is 8.29. The van der Waals surface area contributed by atoms with Crippen LogP contribution in [-0.4, -0.2) is 19.0 Å². The molecule has 20 heavy (non-hydrogen) atoms. The van der Waals surface area contributed by atoms with Crippen LogP contribution in [0.4, 0.5) is 5.69 Å². The number of para-hydroxylation sites is 1. The van der Waals surface area contributed by atoms with E-state index in [4.69, 9.17) is 0 Å². The first-order valence-electron chi connectivity index (χ1n) is 7.93. The quantitative estimate of drug-likeness (QED) is 0.917. The van der Waals surface area contributed by atoms with E-state index in [9.17, 15) is 4.79 Å². The first-order chi connectivity index (χ1) is 9.84. The number of carbonyl (C=O) groups excluding carboxylic acids is 1. The van der Waals surface area contributed by atoms with Gasteiger partial charge in [-0.1, -0.05) is 50.3 Å². The SMILES string of the molecule is O=C1CNCc2ccccc2N1CCC1CCCCC1. The molecule has 0 aromatic heterocycles. The first-order valence-corrected chi connectivity index (χ1v) is 7.93. The van der Waals surface area contributed by atoms with E-state index < -0.39 is 0 Å². The molecule has 1 saturated carbocycles. The van der Waals surface area contributed by atoms with Crippen LogP contribution in [0.1, 0.15) is 44.1 Å². The third-order valence-electron chi connectivity index (χ3n) is 4.66. The Morgan fingerprint density at radius 2 is 1.90 bits per heavy atom. The Kier molecular flexibility index (Phi) is 4.36. The fraction of sp³-hybridized carbons (Fsp3) is 0.588. The van der Waals surface area contributed by atoms with Crippen molar-refractivity contribution >= 4 is 11.6 Å². The van der Waals surface area contributed by atoms with Gasteiger partial charge < -0.3 is 10.2 Å². The molecule has 3 heteroatoms. The highest BCUT2D eigenvalue weighted by molar-refractivity contribution is 5.96. The fourth-order valence-electron chi connectivity index (χ4n) is 3.49. The van der Waals surface area contributed by atoms with Gasteiger partial charge in [0.15, 0.2) is 0 Å². The highest BCUT2D eigenvalue weighted by Gasteiger charge is 2.23. The third-order valence-corrected chi connectivity index (χ3v) is 4.66. The van der Waals surface area contributed by atoms with Crippen LogP contribution in [0.25, 0.3) is 0 Å². The number of hydrogen-bond acceptors (Lipinski definition) is 2. The standard InChI is InChI=1S/C17H24N2O/c20-17-13-18-12-15-8-4-5-9-16(15)19(17)11-10-14-6-2-1-3-7-14/h4-5,8-9,14,18H,1-3,6-7,10-13H2. The molecule has 0 bridgehead atoms. The van der Waals surface area contributed by atoms with Gasteiger partial charge in [-0.25, -0.2) is 0 Å². The maximum Gasteiger partial charge on any atom is 0.240 e. The van der Waals surface area contributed by atoms with E-state index >= 15 is 0 Å². The average Bonchev–Trinajstić information content (AvgIpc) is 2.65. The molecule has 3 nitrogen and oxygen atoms in total. The number of nitrogens with zero attached hydrogens (tertiary/aromatic N) is 1. The molecule has 0 radical (unpaired) electrons. The fourth-order valence-corrected chi connectivity index (χ4v) is 3.49. The molecule has 1 N–H and O–H groups in total. The Labute approximate surface area is 121 Å². The number of rotatable bonds is 3. The van der Waals surface area contributed by atoms with Crippen LogP contribution in [-0.2, 0) is 11.3 Å². The van der Waals surface area contributed by atoms with Gasteiger partial charge in [0.25, 0.3) is 0 Å². The summed E-state index contributed by atoms with van der Waals surface area (Å²) in [7, 11) is 0. The van der Waals surface area contributed by atoms with Crippen molar-refractivity contribution in [2.75, 3.05) is 18.0 Å². The van der Waals surface area contributed by atoms with E-state index in [0.717, 1.165) is 31.1 Å². The van der Waals surface area contributed by atoms with E-state index in [2.05, 4.69) is 23.5 Å². The van der Waals surface area contributed by atoms with Gasteiger partial charge in [0.2, 0.25) is 5.91 Å². The van der Waals surface area contributed by atoms with Gasteiger partial charge in [-0.2, -0.15) is 0 Å². The van der Waals surface area contributed by atoms with E-state index in [0.29, 0.717) is 6.54 Å². The van der Waals surface area contributed by atoms with E-state index in [1.54, 1.807) is 0 Å². The van der Waals surface area contributed by atoms with Crippen molar-refractivity contribution in [1.82, 2.24) is 5.32 Å². The number of anilines is 1. The zero-order valence-corrected chi connectivity index (χ0v) is 12.1. The molecule has 1 aliphatic carbocycles. The van der Waals surface area contributed by atoms with Crippen molar-refractivity contribution in [3.05, 3.63) is 29.8 Å². The number of nitrogens with one attached hydrogen (secondary N) is 1. The lowest BCUT2D eigenvalue weighted by Crippen LogP contribution is -2.37. The largest absolute Gasteiger partial charge is 0.311 e. The second-order valence-corrected chi connectivity index (χ2v) is 6.07. The topological polar surface area (TPSA) is 32.3 Å². The molecular formula is C17H24N2O. The predicted octanol–water partition coefficient (Wildman–Crippen LogP) is 3.09. The van der Waals surface area contributed by atoms with Crippen LogP contribution in [0.5, 0.6) is 0 Å². The van der Waals surface area contributed by atoms with Crippen LogP contribution >= 0.6 is 0 Å². The molecule has 108 valence electrons.